The Morgan fingerprint density at radius 2 is 1.72 bits per heavy atom. The molecule has 2 amide bonds. The number of fused-ring (bicyclic) bond motifs is 1. The van der Waals surface area contributed by atoms with Gasteiger partial charge in [0.15, 0.2) is 0 Å². The number of nitrogens with one attached hydrogen (secondary N) is 2. The number of anilines is 1. The fourth-order valence-corrected chi connectivity index (χ4v) is 4.74. The van der Waals surface area contributed by atoms with Crippen molar-refractivity contribution >= 4 is 40.4 Å². The Balaban J connectivity index is 2.08. The number of amides is 2. The second kappa shape index (κ2) is 11.1. The van der Waals surface area contributed by atoms with E-state index in [1.165, 1.54) is 4.57 Å². The minimum Gasteiger partial charge on any atom is -0.444 e. The van der Waals surface area contributed by atoms with Crippen LogP contribution in [0.15, 0.2) is 15.7 Å². The lowest BCUT2D eigenvalue weighted by Gasteiger charge is -2.25. The van der Waals surface area contributed by atoms with E-state index in [1.807, 2.05) is 6.92 Å². The van der Waals surface area contributed by atoms with E-state index in [-0.39, 0.29) is 34.2 Å². The molecule has 3 rings (SSSR count). The Morgan fingerprint density at radius 1 is 1.13 bits per heavy atom. The zero-order valence-electron chi connectivity index (χ0n) is 23.6. The van der Waals surface area contributed by atoms with Crippen molar-refractivity contribution in [2.24, 2.45) is 0 Å². The number of carbonyl (C=O) groups is 2. The maximum atomic E-state index is 15.6. The quantitative estimate of drug-likeness (QED) is 0.543. The van der Waals surface area contributed by atoms with Crippen molar-refractivity contribution in [2.45, 2.75) is 91.5 Å². The maximum absolute atomic E-state index is 15.6. The normalized spacial score (nSPS) is 16.8. The van der Waals surface area contributed by atoms with Crippen LogP contribution in [-0.4, -0.2) is 51.8 Å². The third kappa shape index (κ3) is 6.84. The molecule has 2 heterocycles. The van der Waals surface area contributed by atoms with Crippen LogP contribution in [-0.2, 0) is 9.47 Å². The predicted octanol–water partition coefficient (Wildman–Crippen LogP) is 4.51. The van der Waals surface area contributed by atoms with Gasteiger partial charge in [0.1, 0.15) is 17.0 Å². The van der Waals surface area contributed by atoms with Crippen molar-refractivity contribution in [3.63, 3.8) is 0 Å². The van der Waals surface area contributed by atoms with Crippen molar-refractivity contribution in [2.75, 3.05) is 23.4 Å². The van der Waals surface area contributed by atoms with Crippen LogP contribution in [0, 0.1) is 5.82 Å². The van der Waals surface area contributed by atoms with Gasteiger partial charge in [0.05, 0.1) is 27.7 Å². The van der Waals surface area contributed by atoms with Gasteiger partial charge in [-0.3, -0.25) is 9.36 Å². The summed E-state index contributed by atoms with van der Waals surface area (Å²) in [5, 5.41) is 2.49. The fraction of sp³-hybridized carbons (Fsp3) is 0.615. The third-order valence-corrected chi connectivity index (χ3v) is 6.46. The number of halogens is 2. The van der Waals surface area contributed by atoms with Gasteiger partial charge in [0, 0.05) is 19.1 Å². The molecule has 2 unspecified atom stereocenters. The molecule has 0 bridgehead atoms. The Labute approximate surface area is 231 Å². The van der Waals surface area contributed by atoms with Crippen molar-refractivity contribution in [1.82, 2.24) is 14.6 Å². The molecule has 0 spiro atoms. The van der Waals surface area contributed by atoms with Crippen LogP contribution in [0.5, 0.6) is 0 Å². The summed E-state index contributed by atoms with van der Waals surface area (Å²) in [6.45, 7) is 14.4. The van der Waals surface area contributed by atoms with Crippen molar-refractivity contribution in [1.29, 1.82) is 0 Å². The summed E-state index contributed by atoms with van der Waals surface area (Å²) < 4.78 is 27.8. The number of ether oxygens (including phenoxy) is 2. The second-order valence-corrected chi connectivity index (χ2v) is 12.0. The molecule has 0 aliphatic carbocycles. The highest BCUT2D eigenvalue weighted by atomic mass is 35.5. The predicted molar refractivity (Wildman–Crippen MR) is 148 cm³/mol. The van der Waals surface area contributed by atoms with E-state index < -0.39 is 46.5 Å². The number of benzene rings is 1. The Kier molecular flexibility index (Phi) is 8.59. The van der Waals surface area contributed by atoms with Crippen molar-refractivity contribution < 1.29 is 23.5 Å². The van der Waals surface area contributed by atoms with Crippen LogP contribution in [0.25, 0.3) is 10.9 Å². The molecule has 1 aromatic carbocycles. The van der Waals surface area contributed by atoms with E-state index in [2.05, 4.69) is 10.7 Å². The van der Waals surface area contributed by atoms with Gasteiger partial charge in [0.25, 0.3) is 5.56 Å². The molecule has 11 nitrogen and oxygen atoms in total. The molecule has 1 aliphatic heterocycles. The number of alkyl carbamates (subject to hydrolysis) is 1. The zero-order chi connectivity index (χ0) is 29.4. The number of rotatable bonds is 5. The van der Waals surface area contributed by atoms with E-state index in [0.717, 1.165) is 6.07 Å². The summed E-state index contributed by atoms with van der Waals surface area (Å²) in [6, 6.07) is 0.232. The van der Waals surface area contributed by atoms with Crippen LogP contribution in [0.4, 0.5) is 19.7 Å². The fourth-order valence-electron chi connectivity index (χ4n) is 4.34. The van der Waals surface area contributed by atoms with Crippen LogP contribution < -0.4 is 26.9 Å². The SMILES string of the molecule is CCC(C)n1c(=O)n(NC(=O)OC(C)(C)C)c(=O)c2cc(F)c(N3CCC(NC(=O)OC(C)(C)C)C3)c(Cl)c21. The molecule has 0 radical (unpaired) electrons. The molecular weight excluding hydrogens is 533 g/mol. The van der Waals surface area contributed by atoms with E-state index in [4.69, 9.17) is 21.1 Å². The largest absolute Gasteiger partial charge is 0.444 e. The molecule has 0 saturated carbocycles. The minimum absolute atomic E-state index is 0.0198. The average Bonchev–Trinajstić information content (AvgIpc) is 3.22. The van der Waals surface area contributed by atoms with Gasteiger partial charge >= 0.3 is 17.9 Å². The summed E-state index contributed by atoms with van der Waals surface area (Å²) in [5.41, 5.74) is -1.08. The lowest BCUT2D eigenvalue weighted by atomic mass is 10.1. The maximum Gasteiger partial charge on any atom is 0.427 e. The first-order valence-corrected chi connectivity index (χ1v) is 13.2. The summed E-state index contributed by atoms with van der Waals surface area (Å²) in [7, 11) is 0. The Hall–Kier alpha value is -3.28. The zero-order valence-corrected chi connectivity index (χ0v) is 24.4. The molecule has 1 aromatic heterocycles. The number of aromatic nitrogens is 2. The van der Waals surface area contributed by atoms with Gasteiger partial charge in [-0.2, -0.15) is 4.68 Å². The molecule has 2 atom stereocenters. The van der Waals surface area contributed by atoms with Crippen LogP contribution in [0.1, 0.15) is 74.3 Å². The molecular formula is C26H37ClFN5O6. The van der Waals surface area contributed by atoms with E-state index in [1.54, 1.807) is 53.4 Å². The smallest absolute Gasteiger partial charge is 0.427 e. The van der Waals surface area contributed by atoms with Crippen LogP contribution in [0.3, 0.4) is 0 Å². The first-order chi connectivity index (χ1) is 17.9. The van der Waals surface area contributed by atoms with Crippen molar-refractivity contribution in [3.8, 4) is 0 Å². The summed E-state index contributed by atoms with van der Waals surface area (Å²) >= 11 is 6.75. The number of hydrogen-bond acceptors (Lipinski definition) is 7. The Bertz CT molecular complexity index is 1390. The molecule has 2 aromatic rings. The van der Waals surface area contributed by atoms with Crippen LogP contribution >= 0.6 is 11.6 Å². The molecule has 1 aliphatic rings. The molecule has 13 heteroatoms. The summed E-state index contributed by atoms with van der Waals surface area (Å²) in [5.74, 6) is -0.777. The highest BCUT2D eigenvalue weighted by Gasteiger charge is 2.32. The molecule has 1 fully saturated rings. The van der Waals surface area contributed by atoms with Crippen molar-refractivity contribution in [3.05, 3.63) is 37.7 Å². The molecule has 1 saturated heterocycles. The van der Waals surface area contributed by atoms with Gasteiger partial charge in [-0.15, -0.1) is 0 Å². The van der Waals surface area contributed by atoms with Crippen LogP contribution in [0.2, 0.25) is 5.02 Å². The average molecular weight is 570 g/mol. The number of hydrogen-bond donors (Lipinski definition) is 2. The first kappa shape index (κ1) is 30.3. The number of carbonyl (C=O) groups excluding carboxylic acids is 2. The molecule has 2 N–H and O–H groups in total. The highest BCUT2D eigenvalue weighted by molar-refractivity contribution is 6.38. The van der Waals surface area contributed by atoms with Gasteiger partial charge in [-0.25, -0.2) is 24.2 Å². The van der Waals surface area contributed by atoms with E-state index in [0.29, 0.717) is 24.1 Å². The standard InChI is InChI=1S/C26H37ClFN5O6/c1-9-14(2)32-19-16(21(34)33(24(32)37)30-23(36)39-26(6,7)8)12-17(28)20(18(19)27)31-11-10-15(13-31)29-22(35)38-25(3,4)5/h12,14-15H,9-11,13H2,1-8H3,(H,29,35)(H,30,36). The summed E-state index contributed by atoms with van der Waals surface area (Å²) in [4.78, 5) is 53.1. The van der Waals surface area contributed by atoms with E-state index in [9.17, 15) is 19.2 Å². The topological polar surface area (TPSA) is 124 Å². The molecule has 39 heavy (non-hydrogen) atoms. The van der Waals surface area contributed by atoms with Gasteiger partial charge in [-0.05, 0) is 67.4 Å². The number of nitrogens with zero attached hydrogens (tertiary/aromatic N) is 3. The Morgan fingerprint density at radius 3 is 2.28 bits per heavy atom. The summed E-state index contributed by atoms with van der Waals surface area (Å²) in [6.07, 6.45) is -0.607. The first-order valence-electron chi connectivity index (χ1n) is 12.9. The minimum atomic E-state index is -1.01. The lowest BCUT2D eigenvalue weighted by molar-refractivity contribution is 0.0507. The molecule has 216 valence electrons. The monoisotopic (exact) mass is 569 g/mol. The highest BCUT2D eigenvalue weighted by Crippen LogP contribution is 2.37. The lowest BCUT2D eigenvalue weighted by Crippen LogP contribution is -2.48. The van der Waals surface area contributed by atoms with Gasteiger partial charge < -0.3 is 19.7 Å². The van der Waals surface area contributed by atoms with Gasteiger partial charge in [0.2, 0.25) is 0 Å². The van der Waals surface area contributed by atoms with Gasteiger partial charge in [-0.1, -0.05) is 18.5 Å². The second-order valence-electron chi connectivity index (χ2n) is 11.7. The van der Waals surface area contributed by atoms with E-state index >= 15 is 4.39 Å². The third-order valence-electron chi connectivity index (χ3n) is 6.10.